The smallest absolute Gasteiger partial charge is 0.236 e. The van der Waals surface area contributed by atoms with E-state index in [1.807, 2.05) is 6.92 Å². The molecular formula is C11H14N2O3. The Morgan fingerprint density at radius 2 is 2.38 bits per heavy atom. The average Bonchev–Trinajstić information content (AvgIpc) is 2.22. The summed E-state index contributed by atoms with van der Waals surface area (Å²) in [5.41, 5.74) is 2.74. The number of benzene rings is 1. The minimum absolute atomic E-state index is 0.0811. The number of hydrazone groups is 1. The van der Waals surface area contributed by atoms with Crippen LogP contribution in [-0.4, -0.2) is 23.8 Å². The molecule has 0 radical (unpaired) electrons. The molecule has 0 heterocycles. The number of ether oxygens (including phenoxy) is 1. The van der Waals surface area contributed by atoms with E-state index in [0.717, 1.165) is 0 Å². The molecule has 86 valence electrons. The number of aromatic hydroxyl groups is 1. The van der Waals surface area contributed by atoms with Crippen molar-refractivity contribution in [2.75, 3.05) is 6.61 Å². The van der Waals surface area contributed by atoms with Gasteiger partial charge in [0.15, 0.2) is 0 Å². The third-order valence-corrected chi connectivity index (χ3v) is 1.74. The van der Waals surface area contributed by atoms with E-state index in [1.54, 1.807) is 12.1 Å². The predicted molar refractivity (Wildman–Crippen MR) is 60.7 cm³/mol. The second-order valence-electron chi connectivity index (χ2n) is 3.08. The zero-order valence-corrected chi connectivity index (χ0v) is 9.23. The molecule has 0 aliphatic heterocycles. The van der Waals surface area contributed by atoms with Crippen molar-refractivity contribution in [3.05, 3.63) is 23.8 Å². The van der Waals surface area contributed by atoms with E-state index in [0.29, 0.717) is 17.9 Å². The van der Waals surface area contributed by atoms with Gasteiger partial charge in [0.05, 0.1) is 12.8 Å². The minimum Gasteiger partial charge on any atom is -0.507 e. The van der Waals surface area contributed by atoms with Gasteiger partial charge in [-0.15, -0.1) is 0 Å². The lowest BCUT2D eigenvalue weighted by Gasteiger charge is -2.04. The molecule has 5 nitrogen and oxygen atoms in total. The first-order valence-electron chi connectivity index (χ1n) is 4.89. The molecule has 0 fully saturated rings. The number of phenolic OH excluding ortho intramolecular Hbond substituents is 1. The van der Waals surface area contributed by atoms with E-state index in [1.165, 1.54) is 19.2 Å². The van der Waals surface area contributed by atoms with Crippen molar-refractivity contribution >= 4 is 12.1 Å². The summed E-state index contributed by atoms with van der Waals surface area (Å²) in [5, 5.41) is 13.2. The van der Waals surface area contributed by atoms with Crippen LogP contribution in [0.25, 0.3) is 0 Å². The van der Waals surface area contributed by atoms with Crippen molar-refractivity contribution in [1.82, 2.24) is 5.43 Å². The maximum atomic E-state index is 10.6. The molecule has 0 unspecified atom stereocenters. The van der Waals surface area contributed by atoms with Gasteiger partial charge >= 0.3 is 0 Å². The molecule has 0 aliphatic carbocycles. The quantitative estimate of drug-likeness (QED) is 0.595. The molecule has 2 N–H and O–H groups in total. The minimum atomic E-state index is -0.267. The Labute approximate surface area is 93.7 Å². The fraction of sp³-hybridized carbons (Fsp3) is 0.273. The third-order valence-electron chi connectivity index (χ3n) is 1.74. The van der Waals surface area contributed by atoms with Gasteiger partial charge in [0.25, 0.3) is 0 Å². The van der Waals surface area contributed by atoms with Crippen molar-refractivity contribution in [1.29, 1.82) is 0 Å². The van der Waals surface area contributed by atoms with Gasteiger partial charge in [-0.05, 0) is 25.1 Å². The van der Waals surface area contributed by atoms with E-state index in [-0.39, 0.29) is 11.7 Å². The lowest BCUT2D eigenvalue weighted by molar-refractivity contribution is -0.118. The molecule has 1 amide bonds. The number of hydrogen-bond acceptors (Lipinski definition) is 4. The zero-order valence-electron chi connectivity index (χ0n) is 9.23. The summed E-state index contributed by atoms with van der Waals surface area (Å²) >= 11 is 0. The van der Waals surface area contributed by atoms with Crippen molar-refractivity contribution < 1.29 is 14.6 Å². The molecular weight excluding hydrogens is 208 g/mol. The average molecular weight is 222 g/mol. The van der Waals surface area contributed by atoms with Crippen molar-refractivity contribution in [2.24, 2.45) is 5.10 Å². The van der Waals surface area contributed by atoms with E-state index in [4.69, 9.17) is 4.74 Å². The SMILES string of the molecule is CCOc1ccc(O)c(/C=N\NC(C)=O)c1. The number of rotatable bonds is 4. The largest absolute Gasteiger partial charge is 0.507 e. The molecule has 0 aliphatic rings. The zero-order chi connectivity index (χ0) is 12.0. The molecule has 5 heteroatoms. The standard InChI is InChI=1S/C11H14N2O3/c1-3-16-10-4-5-11(15)9(6-10)7-12-13-8(2)14/h4-7,15H,3H2,1-2H3,(H,13,14)/b12-7-. The van der Waals surface area contributed by atoms with Gasteiger partial charge in [-0.3, -0.25) is 4.79 Å². The first kappa shape index (κ1) is 12.0. The first-order chi connectivity index (χ1) is 7.63. The Balaban J connectivity index is 2.81. The van der Waals surface area contributed by atoms with Crippen LogP contribution in [0.1, 0.15) is 19.4 Å². The fourth-order valence-corrected chi connectivity index (χ4v) is 1.09. The van der Waals surface area contributed by atoms with E-state index in [9.17, 15) is 9.90 Å². The Morgan fingerprint density at radius 3 is 3.00 bits per heavy atom. The number of phenols is 1. The summed E-state index contributed by atoms with van der Waals surface area (Å²) < 4.78 is 5.27. The highest BCUT2D eigenvalue weighted by molar-refractivity contribution is 5.85. The van der Waals surface area contributed by atoms with Crippen LogP contribution in [0.2, 0.25) is 0 Å². The molecule has 1 aromatic carbocycles. The molecule has 0 saturated carbocycles. The second-order valence-corrected chi connectivity index (χ2v) is 3.08. The Bertz CT molecular complexity index is 402. The van der Waals surface area contributed by atoms with Crippen LogP contribution >= 0.6 is 0 Å². The normalized spacial score (nSPS) is 10.4. The summed E-state index contributed by atoms with van der Waals surface area (Å²) in [6.45, 7) is 3.78. The monoisotopic (exact) mass is 222 g/mol. The van der Waals surface area contributed by atoms with Gasteiger partial charge < -0.3 is 9.84 Å². The number of amides is 1. The molecule has 1 aromatic rings. The lowest BCUT2D eigenvalue weighted by Crippen LogP contribution is -2.12. The Hall–Kier alpha value is -2.04. The van der Waals surface area contributed by atoms with E-state index in [2.05, 4.69) is 10.5 Å². The molecule has 0 aromatic heterocycles. The highest BCUT2D eigenvalue weighted by Gasteiger charge is 2.00. The Kier molecular flexibility index (Phi) is 4.32. The number of carbonyl (C=O) groups is 1. The van der Waals surface area contributed by atoms with Crippen molar-refractivity contribution in [3.8, 4) is 11.5 Å². The fourth-order valence-electron chi connectivity index (χ4n) is 1.09. The molecule has 0 spiro atoms. The van der Waals surface area contributed by atoms with Gasteiger partial charge in [-0.1, -0.05) is 0 Å². The summed E-state index contributed by atoms with van der Waals surface area (Å²) in [6, 6.07) is 4.82. The van der Waals surface area contributed by atoms with Gasteiger partial charge in [-0.2, -0.15) is 5.10 Å². The topological polar surface area (TPSA) is 70.9 Å². The maximum absolute atomic E-state index is 10.6. The lowest BCUT2D eigenvalue weighted by atomic mass is 10.2. The molecule has 16 heavy (non-hydrogen) atoms. The highest BCUT2D eigenvalue weighted by atomic mass is 16.5. The van der Waals surface area contributed by atoms with Crippen LogP contribution in [0.3, 0.4) is 0 Å². The first-order valence-corrected chi connectivity index (χ1v) is 4.89. The molecule has 1 rings (SSSR count). The van der Waals surface area contributed by atoms with Gasteiger partial charge in [-0.25, -0.2) is 5.43 Å². The van der Waals surface area contributed by atoms with Gasteiger partial charge in [0.2, 0.25) is 5.91 Å². The molecule has 0 bridgehead atoms. The van der Waals surface area contributed by atoms with Crippen molar-refractivity contribution in [3.63, 3.8) is 0 Å². The second kappa shape index (κ2) is 5.75. The van der Waals surface area contributed by atoms with Crippen LogP contribution in [-0.2, 0) is 4.79 Å². The van der Waals surface area contributed by atoms with Crippen LogP contribution in [0.15, 0.2) is 23.3 Å². The van der Waals surface area contributed by atoms with Crippen LogP contribution < -0.4 is 10.2 Å². The molecule has 0 saturated heterocycles. The van der Waals surface area contributed by atoms with Crippen LogP contribution in [0.5, 0.6) is 11.5 Å². The number of carbonyl (C=O) groups excluding carboxylic acids is 1. The Morgan fingerprint density at radius 1 is 1.62 bits per heavy atom. The van der Waals surface area contributed by atoms with Gasteiger partial charge in [0, 0.05) is 12.5 Å². The maximum Gasteiger partial charge on any atom is 0.236 e. The van der Waals surface area contributed by atoms with E-state index < -0.39 is 0 Å². The summed E-state index contributed by atoms with van der Waals surface area (Å²) in [4.78, 5) is 10.6. The van der Waals surface area contributed by atoms with Crippen LogP contribution in [0, 0.1) is 0 Å². The molecule has 0 atom stereocenters. The van der Waals surface area contributed by atoms with Gasteiger partial charge in [0.1, 0.15) is 11.5 Å². The number of nitrogens with one attached hydrogen (secondary N) is 1. The van der Waals surface area contributed by atoms with Crippen molar-refractivity contribution in [2.45, 2.75) is 13.8 Å². The summed E-state index contributed by atoms with van der Waals surface area (Å²) in [5.74, 6) is 0.457. The summed E-state index contributed by atoms with van der Waals surface area (Å²) in [6.07, 6.45) is 1.36. The third kappa shape index (κ3) is 3.61. The number of nitrogens with zero attached hydrogens (tertiary/aromatic N) is 1. The number of hydrogen-bond donors (Lipinski definition) is 2. The van der Waals surface area contributed by atoms with E-state index >= 15 is 0 Å². The van der Waals surface area contributed by atoms with Crippen LogP contribution in [0.4, 0.5) is 0 Å². The highest BCUT2D eigenvalue weighted by Crippen LogP contribution is 2.21. The summed E-state index contributed by atoms with van der Waals surface area (Å²) in [7, 11) is 0. The predicted octanol–water partition coefficient (Wildman–Crippen LogP) is 1.26.